The van der Waals surface area contributed by atoms with Gasteiger partial charge in [-0.3, -0.25) is 0 Å². The molecule has 224 valence electrons. The van der Waals surface area contributed by atoms with Crippen LogP contribution >= 0.6 is 0 Å². The third kappa shape index (κ3) is 5.31. The fourth-order valence-electron chi connectivity index (χ4n) is 5.50. The highest BCUT2D eigenvalue weighted by Crippen LogP contribution is 2.29. The Morgan fingerprint density at radius 3 is 1.33 bits per heavy atom. The highest BCUT2D eigenvalue weighted by Gasteiger charge is 2.30. The van der Waals surface area contributed by atoms with E-state index in [1.165, 1.54) is 12.1 Å². The second-order valence-corrected chi connectivity index (χ2v) is 10.5. The first kappa shape index (κ1) is 29.0. The number of carbonyl (C=O) groups is 4. The second kappa shape index (κ2) is 11.5. The molecule has 0 aliphatic rings. The summed E-state index contributed by atoms with van der Waals surface area (Å²) in [6.07, 6.45) is 0. The Bertz CT molecular complexity index is 1990. The third-order valence-electron chi connectivity index (χ3n) is 7.64. The molecular weight excluding hydrogens is 576 g/mol. The van der Waals surface area contributed by atoms with E-state index in [0.717, 1.165) is 11.1 Å². The number of nitrogens with zero attached hydrogens (tertiary/aromatic N) is 4. The molecule has 2 heterocycles. The summed E-state index contributed by atoms with van der Waals surface area (Å²) in [7, 11) is 0. The van der Waals surface area contributed by atoms with E-state index in [4.69, 9.17) is 4.74 Å². The summed E-state index contributed by atoms with van der Waals surface area (Å²) in [5.41, 5.74) is 1.26. The van der Waals surface area contributed by atoms with Crippen LogP contribution in [0.15, 0.2) is 84.9 Å². The Hall–Kier alpha value is -6.10. The Morgan fingerprint density at radius 1 is 0.600 bits per heavy atom. The molecule has 11 nitrogen and oxygen atoms in total. The lowest BCUT2D eigenvalue weighted by Gasteiger charge is -2.11. The van der Waals surface area contributed by atoms with Gasteiger partial charge in [0.2, 0.25) is 0 Å². The van der Waals surface area contributed by atoms with Gasteiger partial charge in [-0.15, -0.1) is 0 Å². The van der Waals surface area contributed by atoms with Crippen molar-refractivity contribution in [3.05, 3.63) is 130 Å². The SMILES string of the molecule is Cc1nc2c(C(=O)OC(=O)c3c(C(=O)O)ccc4c3nc(C)n4Cc3ccccc3)c(C(=O)O)ccc2n1Cc1ccccc1. The molecule has 0 spiro atoms. The maximum Gasteiger partial charge on any atom is 0.349 e. The first-order valence-corrected chi connectivity index (χ1v) is 13.9. The van der Waals surface area contributed by atoms with Crippen molar-refractivity contribution in [2.24, 2.45) is 0 Å². The fourth-order valence-corrected chi connectivity index (χ4v) is 5.50. The molecule has 11 heteroatoms. The van der Waals surface area contributed by atoms with Crippen molar-refractivity contribution < 1.29 is 34.1 Å². The number of rotatable bonds is 8. The zero-order valence-electron chi connectivity index (χ0n) is 24.2. The van der Waals surface area contributed by atoms with E-state index in [-0.39, 0.29) is 11.0 Å². The number of benzene rings is 4. The molecule has 2 N–H and O–H groups in total. The number of esters is 2. The largest absolute Gasteiger partial charge is 0.478 e. The van der Waals surface area contributed by atoms with Crippen LogP contribution in [0.4, 0.5) is 0 Å². The van der Waals surface area contributed by atoms with E-state index in [1.54, 1.807) is 26.0 Å². The van der Waals surface area contributed by atoms with Crippen molar-refractivity contribution in [3.63, 3.8) is 0 Å². The first-order chi connectivity index (χ1) is 21.6. The molecule has 0 amide bonds. The molecule has 0 radical (unpaired) electrons. The van der Waals surface area contributed by atoms with Gasteiger partial charge in [0.25, 0.3) is 0 Å². The van der Waals surface area contributed by atoms with Gasteiger partial charge in [0.15, 0.2) is 0 Å². The minimum Gasteiger partial charge on any atom is -0.478 e. The van der Waals surface area contributed by atoms with E-state index in [9.17, 15) is 29.4 Å². The van der Waals surface area contributed by atoms with Crippen LogP contribution in [0.25, 0.3) is 22.1 Å². The third-order valence-corrected chi connectivity index (χ3v) is 7.64. The quantitative estimate of drug-likeness (QED) is 0.170. The molecule has 0 atom stereocenters. The number of imidazole rings is 2. The maximum atomic E-state index is 13.6. The monoisotopic (exact) mass is 602 g/mol. The second-order valence-electron chi connectivity index (χ2n) is 10.5. The Kier molecular flexibility index (Phi) is 7.43. The molecule has 0 unspecified atom stereocenters. The highest BCUT2D eigenvalue weighted by molar-refractivity contribution is 6.18. The van der Waals surface area contributed by atoms with Crippen LogP contribution in [0.2, 0.25) is 0 Å². The predicted octanol–water partition coefficient (Wildman–Crippen LogP) is 5.49. The van der Waals surface area contributed by atoms with E-state index < -0.39 is 46.1 Å². The number of fused-ring (bicyclic) bond motifs is 2. The molecule has 0 bridgehead atoms. The zero-order chi connectivity index (χ0) is 31.8. The van der Waals surface area contributed by atoms with Crippen molar-refractivity contribution >= 4 is 45.9 Å². The molecule has 4 aromatic carbocycles. The molecule has 2 aromatic heterocycles. The van der Waals surface area contributed by atoms with Crippen molar-refractivity contribution in [1.82, 2.24) is 19.1 Å². The van der Waals surface area contributed by atoms with E-state index in [0.29, 0.717) is 35.8 Å². The van der Waals surface area contributed by atoms with Crippen LogP contribution in [0, 0.1) is 13.8 Å². The van der Waals surface area contributed by atoms with Gasteiger partial charge in [-0.1, -0.05) is 60.7 Å². The number of carboxylic acid groups (broad SMARTS) is 2. The summed E-state index contributed by atoms with van der Waals surface area (Å²) in [6, 6.07) is 24.6. The lowest BCUT2D eigenvalue weighted by molar-refractivity contribution is 0.0389. The fraction of sp³-hybridized carbons (Fsp3) is 0.118. The summed E-state index contributed by atoms with van der Waals surface area (Å²) in [6.45, 7) is 4.24. The molecule has 0 saturated heterocycles. The molecule has 6 rings (SSSR count). The van der Waals surface area contributed by atoms with Gasteiger partial charge in [0.05, 0.1) is 22.2 Å². The Morgan fingerprint density at radius 2 is 0.978 bits per heavy atom. The molecule has 45 heavy (non-hydrogen) atoms. The first-order valence-electron chi connectivity index (χ1n) is 13.9. The number of hydrogen-bond acceptors (Lipinski definition) is 7. The zero-order valence-corrected chi connectivity index (χ0v) is 24.2. The maximum absolute atomic E-state index is 13.6. The van der Waals surface area contributed by atoms with Gasteiger partial charge in [-0.25, -0.2) is 29.1 Å². The number of ether oxygens (including phenoxy) is 1. The minimum absolute atomic E-state index is 0.0424. The molecule has 0 aliphatic carbocycles. The predicted molar refractivity (Wildman–Crippen MR) is 164 cm³/mol. The van der Waals surface area contributed by atoms with Crippen molar-refractivity contribution in [3.8, 4) is 0 Å². The van der Waals surface area contributed by atoms with Crippen LogP contribution in [0.3, 0.4) is 0 Å². The van der Waals surface area contributed by atoms with Gasteiger partial charge < -0.3 is 24.1 Å². The molecule has 0 saturated carbocycles. The van der Waals surface area contributed by atoms with Crippen LogP contribution in [-0.2, 0) is 17.8 Å². The Balaban J connectivity index is 1.42. The average Bonchev–Trinajstić information content (AvgIpc) is 3.51. The summed E-state index contributed by atoms with van der Waals surface area (Å²) in [5, 5.41) is 19.9. The van der Waals surface area contributed by atoms with Crippen molar-refractivity contribution in [2.45, 2.75) is 26.9 Å². The summed E-state index contributed by atoms with van der Waals surface area (Å²) >= 11 is 0. The van der Waals surface area contributed by atoms with Crippen LogP contribution in [-0.4, -0.2) is 53.2 Å². The van der Waals surface area contributed by atoms with Gasteiger partial charge in [0.1, 0.15) is 33.8 Å². The number of aryl methyl sites for hydroxylation is 2. The molecular formula is C34H26N4O7. The van der Waals surface area contributed by atoms with Crippen LogP contribution < -0.4 is 0 Å². The standard InChI is InChI=1S/C34H26N4O7/c1-19-35-29-25(37(19)17-21-9-5-3-6-10-21)15-13-23(31(39)40)27(29)33(43)45-34(44)28-24(32(41)42)14-16-26-30(28)36-20(2)38(26)18-22-11-7-4-8-12-22/h3-16H,17-18H2,1-2H3,(H,39,40)(H,41,42). The normalized spacial score (nSPS) is 11.2. The van der Waals surface area contributed by atoms with Crippen molar-refractivity contribution in [1.29, 1.82) is 0 Å². The van der Waals surface area contributed by atoms with Crippen LogP contribution in [0.5, 0.6) is 0 Å². The number of carbonyl (C=O) groups excluding carboxylic acids is 2. The van der Waals surface area contributed by atoms with E-state index >= 15 is 0 Å². The van der Waals surface area contributed by atoms with Gasteiger partial charge in [0, 0.05) is 13.1 Å². The van der Waals surface area contributed by atoms with E-state index in [2.05, 4.69) is 9.97 Å². The van der Waals surface area contributed by atoms with Gasteiger partial charge in [-0.2, -0.15) is 0 Å². The minimum atomic E-state index is -1.42. The molecule has 6 aromatic rings. The lowest BCUT2D eigenvalue weighted by Crippen LogP contribution is -2.19. The Labute approximate surface area is 256 Å². The van der Waals surface area contributed by atoms with Crippen molar-refractivity contribution in [2.75, 3.05) is 0 Å². The average molecular weight is 603 g/mol. The number of aromatic carboxylic acids is 2. The summed E-state index contributed by atoms with van der Waals surface area (Å²) in [4.78, 5) is 60.7. The lowest BCUT2D eigenvalue weighted by atomic mass is 10.0. The number of hydrogen-bond donors (Lipinski definition) is 2. The summed E-state index contributed by atoms with van der Waals surface area (Å²) in [5.74, 6) is -4.38. The summed E-state index contributed by atoms with van der Waals surface area (Å²) < 4.78 is 8.89. The number of aromatic nitrogens is 4. The van der Waals surface area contributed by atoms with Crippen LogP contribution in [0.1, 0.15) is 64.2 Å². The smallest absolute Gasteiger partial charge is 0.349 e. The highest BCUT2D eigenvalue weighted by atomic mass is 16.6. The molecule has 0 aliphatic heterocycles. The van der Waals surface area contributed by atoms with Gasteiger partial charge >= 0.3 is 23.9 Å². The topological polar surface area (TPSA) is 154 Å². The molecule has 0 fully saturated rings. The van der Waals surface area contributed by atoms with Gasteiger partial charge in [-0.05, 0) is 49.2 Å². The number of carboxylic acids is 2. The van der Waals surface area contributed by atoms with E-state index in [1.807, 2.05) is 69.8 Å².